The predicted octanol–water partition coefficient (Wildman–Crippen LogP) is 3.56. The van der Waals surface area contributed by atoms with Gasteiger partial charge >= 0.3 is 6.09 Å². The van der Waals surface area contributed by atoms with Crippen molar-refractivity contribution in [2.45, 2.75) is 38.8 Å². The van der Waals surface area contributed by atoms with Crippen LogP contribution < -0.4 is 10.6 Å². The third-order valence-corrected chi connectivity index (χ3v) is 5.70. The first-order valence-electron chi connectivity index (χ1n) is 8.47. The molecule has 4 rings (SSSR count). The van der Waals surface area contributed by atoms with Crippen LogP contribution in [-0.2, 0) is 4.74 Å². The molecular weight excluding hydrogens is 396 g/mol. The van der Waals surface area contributed by atoms with Crippen LogP contribution in [0.1, 0.15) is 27.2 Å². The quantitative estimate of drug-likeness (QED) is 0.597. The van der Waals surface area contributed by atoms with Crippen molar-refractivity contribution < 1.29 is 13.9 Å². The van der Waals surface area contributed by atoms with Crippen LogP contribution >= 0.6 is 23.2 Å². The number of aromatic nitrogens is 3. The van der Waals surface area contributed by atoms with E-state index in [0.29, 0.717) is 17.7 Å². The molecule has 0 aromatic carbocycles. The Hall–Kier alpha value is -1.93. The maximum atomic E-state index is 14.5. The lowest BCUT2D eigenvalue weighted by molar-refractivity contribution is 0.0464. The molecule has 2 fully saturated rings. The van der Waals surface area contributed by atoms with Crippen molar-refractivity contribution in [1.82, 2.24) is 15.0 Å². The molecule has 0 spiro atoms. The third-order valence-electron chi connectivity index (χ3n) is 5.27. The Kier molecular flexibility index (Phi) is 3.95. The molecule has 0 bridgehead atoms. The standard InChI is InChI=1S/C17H18Cl2FN5O2/c1-16(2,3)13-17(27-15(21)26)4-7(17)6-25(13)12-8-5-22-11(18)9(20)10(8)23-14(19)24-12/h5,7,13H,4,6H2,1-3H3,(H2,21,26)/t7-,13?,17+/m0/s1. The summed E-state index contributed by atoms with van der Waals surface area (Å²) in [6.07, 6.45) is 1.35. The van der Waals surface area contributed by atoms with E-state index >= 15 is 0 Å². The van der Waals surface area contributed by atoms with Gasteiger partial charge in [0.15, 0.2) is 11.0 Å². The van der Waals surface area contributed by atoms with Crippen molar-refractivity contribution in [1.29, 1.82) is 0 Å². The smallest absolute Gasteiger partial charge is 0.405 e. The molecular formula is C17H18Cl2FN5O2. The average molecular weight is 414 g/mol. The number of ether oxygens (including phenoxy) is 1. The number of hydrogen-bond donors (Lipinski definition) is 1. The molecule has 144 valence electrons. The SMILES string of the molecule is CC(C)(C)C1N(c2nc(Cl)nc3c(F)c(Cl)ncc23)C[C@@H]2C[C@]12OC(N)=O. The number of pyridine rings is 1. The molecule has 0 radical (unpaired) electrons. The molecule has 2 aliphatic rings. The van der Waals surface area contributed by atoms with E-state index in [0.717, 1.165) is 6.42 Å². The molecule has 1 amide bonds. The van der Waals surface area contributed by atoms with E-state index in [2.05, 4.69) is 15.0 Å². The van der Waals surface area contributed by atoms with E-state index < -0.39 is 17.5 Å². The molecule has 1 unspecified atom stereocenters. The summed E-state index contributed by atoms with van der Waals surface area (Å²) in [5.74, 6) is -0.199. The van der Waals surface area contributed by atoms with Crippen molar-refractivity contribution >= 4 is 46.0 Å². The fourth-order valence-electron chi connectivity index (χ4n) is 4.48. The van der Waals surface area contributed by atoms with Crippen LogP contribution in [0.25, 0.3) is 10.9 Å². The molecule has 2 N–H and O–H groups in total. The first-order valence-corrected chi connectivity index (χ1v) is 9.22. The number of rotatable bonds is 2. The van der Waals surface area contributed by atoms with Gasteiger partial charge in [0.1, 0.15) is 16.9 Å². The van der Waals surface area contributed by atoms with Gasteiger partial charge in [0, 0.05) is 18.7 Å². The van der Waals surface area contributed by atoms with Gasteiger partial charge in [0.25, 0.3) is 0 Å². The topological polar surface area (TPSA) is 94.2 Å². The summed E-state index contributed by atoms with van der Waals surface area (Å²) in [5.41, 5.74) is 4.35. The van der Waals surface area contributed by atoms with Crippen LogP contribution in [0.2, 0.25) is 10.4 Å². The number of fused-ring (bicyclic) bond motifs is 2. The number of carbonyl (C=O) groups is 1. The number of anilines is 1. The van der Waals surface area contributed by atoms with Crippen LogP contribution in [0.5, 0.6) is 0 Å². The molecule has 1 saturated carbocycles. The summed E-state index contributed by atoms with van der Waals surface area (Å²) in [4.78, 5) is 25.7. The van der Waals surface area contributed by atoms with E-state index in [-0.39, 0.29) is 33.3 Å². The van der Waals surface area contributed by atoms with Gasteiger partial charge in [0.05, 0.1) is 11.4 Å². The normalized spacial score (nSPS) is 27.0. The van der Waals surface area contributed by atoms with Crippen molar-refractivity contribution in [2.24, 2.45) is 17.1 Å². The Morgan fingerprint density at radius 2 is 2.11 bits per heavy atom. The second-order valence-electron chi connectivity index (χ2n) is 8.14. The van der Waals surface area contributed by atoms with E-state index in [1.807, 2.05) is 25.7 Å². The minimum Gasteiger partial charge on any atom is -0.440 e. The number of halogens is 3. The van der Waals surface area contributed by atoms with Gasteiger partial charge in [-0.05, 0) is 23.4 Å². The number of nitrogens with zero attached hydrogens (tertiary/aromatic N) is 4. The minimum absolute atomic E-state index is 0.00287. The van der Waals surface area contributed by atoms with Crippen LogP contribution in [-0.4, -0.2) is 39.2 Å². The van der Waals surface area contributed by atoms with Gasteiger partial charge in [-0.3, -0.25) is 0 Å². The molecule has 1 aliphatic carbocycles. The highest BCUT2D eigenvalue weighted by molar-refractivity contribution is 6.30. The molecule has 2 aromatic rings. The lowest BCUT2D eigenvalue weighted by Crippen LogP contribution is -2.51. The maximum Gasteiger partial charge on any atom is 0.405 e. The fraction of sp³-hybridized carbons (Fsp3) is 0.529. The van der Waals surface area contributed by atoms with E-state index in [9.17, 15) is 9.18 Å². The Balaban J connectivity index is 1.89. The minimum atomic E-state index is -0.807. The summed E-state index contributed by atoms with van der Waals surface area (Å²) in [5, 5.41) is 0.0104. The second kappa shape index (κ2) is 5.78. The highest BCUT2D eigenvalue weighted by Crippen LogP contribution is 2.61. The van der Waals surface area contributed by atoms with Crippen molar-refractivity contribution in [2.75, 3.05) is 11.4 Å². The van der Waals surface area contributed by atoms with Gasteiger partial charge in [-0.15, -0.1) is 0 Å². The first kappa shape index (κ1) is 18.4. The number of piperidine rings is 1. The Morgan fingerprint density at radius 1 is 1.41 bits per heavy atom. The van der Waals surface area contributed by atoms with E-state index in [1.165, 1.54) is 6.20 Å². The van der Waals surface area contributed by atoms with Crippen LogP contribution in [0.4, 0.5) is 15.0 Å². The number of hydrogen-bond acceptors (Lipinski definition) is 6. The number of nitrogens with two attached hydrogens (primary N) is 1. The van der Waals surface area contributed by atoms with Gasteiger partial charge in [0.2, 0.25) is 5.28 Å². The first-order chi connectivity index (χ1) is 12.5. The highest BCUT2D eigenvalue weighted by atomic mass is 35.5. The maximum absolute atomic E-state index is 14.5. The van der Waals surface area contributed by atoms with Crippen molar-refractivity contribution in [3.05, 3.63) is 22.5 Å². The molecule has 7 nitrogen and oxygen atoms in total. The zero-order valence-electron chi connectivity index (χ0n) is 15.0. The number of primary amides is 1. The molecule has 3 heterocycles. The Labute approximate surface area is 165 Å². The molecule has 27 heavy (non-hydrogen) atoms. The van der Waals surface area contributed by atoms with Crippen molar-refractivity contribution in [3.8, 4) is 0 Å². The number of amides is 1. The Bertz CT molecular complexity index is 966. The molecule has 1 saturated heterocycles. The van der Waals surface area contributed by atoms with Crippen LogP contribution in [0, 0.1) is 17.2 Å². The van der Waals surface area contributed by atoms with E-state index in [4.69, 9.17) is 33.7 Å². The lowest BCUT2D eigenvalue weighted by Gasteiger charge is -2.41. The van der Waals surface area contributed by atoms with Gasteiger partial charge in [-0.1, -0.05) is 32.4 Å². The summed E-state index contributed by atoms with van der Waals surface area (Å²) in [6.45, 7) is 6.69. The monoisotopic (exact) mass is 413 g/mol. The summed E-state index contributed by atoms with van der Waals surface area (Å²) in [7, 11) is 0. The zero-order chi connectivity index (χ0) is 19.7. The zero-order valence-corrected chi connectivity index (χ0v) is 16.5. The fourth-order valence-corrected chi connectivity index (χ4v) is 4.78. The van der Waals surface area contributed by atoms with Crippen LogP contribution in [0.15, 0.2) is 6.20 Å². The second-order valence-corrected chi connectivity index (χ2v) is 8.84. The molecule has 3 atom stereocenters. The summed E-state index contributed by atoms with van der Waals surface area (Å²) in [6, 6.07) is -0.226. The highest BCUT2D eigenvalue weighted by Gasteiger charge is 2.72. The molecule has 1 aliphatic heterocycles. The molecule has 10 heteroatoms. The Morgan fingerprint density at radius 3 is 2.74 bits per heavy atom. The van der Waals surface area contributed by atoms with Gasteiger partial charge in [-0.2, -0.15) is 4.98 Å². The third kappa shape index (κ3) is 2.77. The largest absolute Gasteiger partial charge is 0.440 e. The van der Waals surface area contributed by atoms with Gasteiger partial charge < -0.3 is 15.4 Å². The summed E-state index contributed by atoms with van der Waals surface area (Å²) < 4.78 is 20.0. The van der Waals surface area contributed by atoms with Crippen molar-refractivity contribution in [3.63, 3.8) is 0 Å². The van der Waals surface area contributed by atoms with Gasteiger partial charge in [-0.25, -0.2) is 19.2 Å². The lowest BCUT2D eigenvalue weighted by atomic mass is 9.81. The van der Waals surface area contributed by atoms with Crippen LogP contribution in [0.3, 0.4) is 0 Å². The predicted molar refractivity (Wildman–Crippen MR) is 99.4 cm³/mol. The molecule has 2 aromatic heterocycles. The average Bonchev–Trinajstić information content (AvgIpc) is 3.10. The van der Waals surface area contributed by atoms with E-state index in [1.54, 1.807) is 0 Å². The summed E-state index contributed by atoms with van der Waals surface area (Å²) >= 11 is 11.9. The number of carbonyl (C=O) groups excluding carboxylic acids is 1.